The highest BCUT2D eigenvalue weighted by molar-refractivity contribution is 5.95. The molecule has 0 aliphatic heterocycles. The minimum absolute atomic E-state index is 0.0432. The monoisotopic (exact) mass is 264 g/mol. The van der Waals surface area contributed by atoms with E-state index in [4.69, 9.17) is 0 Å². The maximum Gasteiger partial charge on any atom is 0.325 e. The fourth-order valence-corrected chi connectivity index (χ4v) is 1.33. The number of hydrogen-bond acceptors (Lipinski definition) is 4. The summed E-state index contributed by atoms with van der Waals surface area (Å²) >= 11 is 0. The van der Waals surface area contributed by atoms with Crippen molar-refractivity contribution in [3.05, 3.63) is 29.8 Å². The van der Waals surface area contributed by atoms with Crippen molar-refractivity contribution in [1.82, 2.24) is 5.32 Å². The van der Waals surface area contributed by atoms with Gasteiger partial charge in [0.1, 0.15) is 6.54 Å². The Morgan fingerprint density at radius 1 is 1.16 bits per heavy atom. The maximum atomic E-state index is 11.4. The number of carbonyl (C=O) groups excluding carboxylic acids is 3. The minimum atomic E-state index is -0.511. The molecule has 0 aliphatic carbocycles. The normalized spacial score (nSPS) is 9.58. The molecule has 2 N–H and O–H groups in total. The van der Waals surface area contributed by atoms with Crippen LogP contribution in [-0.4, -0.2) is 30.9 Å². The lowest BCUT2D eigenvalue weighted by Gasteiger charge is -2.07. The summed E-state index contributed by atoms with van der Waals surface area (Å²) in [5.41, 5.74) is 1.10. The molecule has 0 spiro atoms. The van der Waals surface area contributed by atoms with Crippen molar-refractivity contribution in [2.75, 3.05) is 18.5 Å². The molecule has 1 rings (SSSR count). The predicted octanol–water partition coefficient (Wildman–Crippen LogP) is 1.57. The van der Waals surface area contributed by atoms with E-state index in [1.807, 2.05) is 0 Å². The SMILES string of the molecule is CCOC(=O)CNC(=O)Nc1ccc(C(C)=O)cc1. The number of hydrogen-bond donors (Lipinski definition) is 2. The van der Waals surface area contributed by atoms with Crippen molar-refractivity contribution < 1.29 is 19.1 Å². The molecule has 0 saturated carbocycles. The molecule has 0 unspecified atom stereocenters. The van der Waals surface area contributed by atoms with Gasteiger partial charge in [-0.1, -0.05) is 0 Å². The molecule has 102 valence electrons. The number of Topliss-reactive ketones (excluding diaryl/α,β-unsaturated/α-hetero) is 1. The predicted molar refractivity (Wildman–Crippen MR) is 70.1 cm³/mol. The molecule has 0 heterocycles. The van der Waals surface area contributed by atoms with Crippen molar-refractivity contribution in [1.29, 1.82) is 0 Å². The van der Waals surface area contributed by atoms with E-state index in [0.717, 1.165) is 0 Å². The van der Waals surface area contributed by atoms with Crippen LogP contribution in [0.4, 0.5) is 10.5 Å². The van der Waals surface area contributed by atoms with Crippen LogP contribution in [0.15, 0.2) is 24.3 Å². The van der Waals surface area contributed by atoms with Gasteiger partial charge in [-0.15, -0.1) is 0 Å². The number of esters is 1. The van der Waals surface area contributed by atoms with E-state index in [0.29, 0.717) is 11.3 Å². The molecule has 0 atom stereocenters. The lowest BCUT2D eigenvalue weighted by Crippen LogP contribution is -2.34. The zero-order chi connectivity index (χ0) is 14.3. The molecule has 0 radical (unpaired) electrons. The van der Waals surface area contributed by atoms with Gasteiger partial charge in [0, 0.05) is 11.3 Å². The van der Waals surface area contributed by atoms with E-state index in [-0.39, 0.29) is 18.9 Å². The van der Waals surface area contributed by atoms with E-state index in [1.165, 1.54) is 6.92 Å². The quantitative estimate of drug-likeness (QED) is 0.624. The van der Waals surface area contributed by atoms with Gasteiger partial charge in [0.2, 0.25) is 0 Å². The summed E-state index contributed by atoms with van der Waals surface area (Å²) < 4.78 is 4.67. The third-order valence-electron chi connectivity index (χ3n) is 2.25. The molecule has 0 aromatic heterocycles. The molecule has 2 amide bonds. The van der Waals surface area contributed by atoms with Gasteiger partial charge in [-0.25, -0.2) is 4.79 Å². The number of ketones is 1. The van der Waals surface area contributed by atoms with E-state index < -0.39 is 12.0 Å². The van der Waals surface area contributed by atoms with Crippen LogP contribution in [0.2, 0.25) is 0 Å². The Morgan fingerprint density at radius 2 is 1.79 bits per heavy atom. The Balaban J connectivity index is 2.44. The third-order valence-corrected chi connectivity index (χ3v) is 2.25. The van der Waals surface area contributed by atoms with Crippen LogP contribution in [0.1, 0.15) is 24.2 Å². The second-order valence-electron chi connectivity index (χ2n) is 3.75. The first-order chi connectivity index (χ1) is 9.02. The third kappa shape index (κ3) is 5.20. The van der Waals surface area contributed by atoms with Crippen LogP contribution in [-0.2, 0) is 9.53 Å². The zero-order valence-corrected chi connectivity index (χ0v) is 10.9. The molecule has 0 bridgehead atoms. The minimum Gasteiger partial charge on any atom is -0.465 e. The highest BCUT2D eigenvalue weighted by Gasteiger charge is 2.06. The Bertz CT molecular complexity index is 468. The van der Waals surface area contributed by atoms with Gasteiger partial charge in [0.05, 0.1) is 6.61 Å². The van der Waals surface area contributed by atoms with Crippen molar-refractivity contribution >= 4 is 23.5 Å². The fourth-order valence-electron chi connectivity index (χ4n) is 1.33. The van der Waals surface area contributed by atoms with Crippen LogP contribution < -0.4 is 10.6 Å². The Hall–Kier alpha value is -2.37. The van der Waals surface area contributed by atoms with Crippen LogP contribution in [0.3, 0.4) is 0 Å². The second kappa shape index (κ2) is 7.15. The molecule has 0 saturated heterocycles. The van der Waals surface area contributed by atoms with Crippen LogP contribution in [0, 0.1) is 0 Å². The molecule has 0 fully saturated rings. The van der Waals surface area contributed by atoms with Gasteiger partial charge >= 0.3 is 12.0 Å². The molecule has 1 aromatic carbocycles. The fraction of sp³-hybridized carbons (Fsp3) is 0.308. The van der Waals surface area contributed by atoms with Gasteiger partial charge in [-0.2, -0.15) is 0 Å². The number of anilines is 1. The first-order valence-corrected chi connectivity index (χ1v) is 5.84. The zero-order valence-electron chi connectivity index (χ0n) is 10.9. The molecular formula is C13H16N2O4. The summed E-state index contributed by atoms with van der Waals surface area (Å²) in [6, 6.07) is 5.94. The van der Waals surface area contributed by atoms with E-state index in [9.17, 15) is 14.4 Å². The number of urea groups is 1. The number of nitrogens with one attached hydrogen (secondary N) is 2. The largest absolute Gasteiger partial charge is 0.465 e. The lowest BCUT2D eigenvalue weighted by atomic mass is 10.1. The lowest BCUT2D eigenvalue weighted by molar-refractivity contribution is -0.141. The van der Waals surface area contributed by atoms with Gasteiger partial charge < -0.3 is 15.4 Å². The van der Waals surface area contributed by atoms with Gasteiger partial charge in [-0.3, -0.25) is 9.59 Å². The van der Waals surface area contributed by atoms with Gasteiger partial charge in [0.25, 0.3) is 0 Å². The number of ether oxygens (including phenoxy) is 1. The Labute approximate surface area is 111 Å². The van der Waals surface area contributed by atoms with E-state index in [1.54, 1.807) is 31.2 Å². The van der Waals surface area contributed by atoms with Crippen molar-refractivity contribution in [2.24, 2.45) is 0 Å². The van der Waals surface area contributed by atoms with E-state index >= 15 is 0 Å². The first kappa shape index (κ1) is 14.7. The maximum absolute atomic E-state index is 11.4. The standard InChI is InChI=1S/C13H16N2O4/c1-3-19-12(17)8-14-13(18)15-11-6-4-10(5-7-11)9(2)16/h4-7H,3,8H2,1-2H3,(H2,14,15,18). The van der Waals surface area contributed by atoms with Crippen LogP contribution in [0.5, 0.6) is 0 Å². The first-order valence-electron chi connectivity index (χ1n) is 5.84. The molecule has 1 aromatic rings. The number of benzene rings is 1. The summed E-state index contributed by atoms with van der Waals surface area (Å²) in [7, 11) is 0. The second-order valence-corrected chi connectivity index (χ2v) is 3.75. The average Bonchev–Trinajstić information content (AvgIpc) is 2.37. The smallest absolute Gasteiger partial charge is 0.325 e. The number of amides is 2. The molecule has 19 heavy (non-hydrogen) atoms. The highest BCUT2D eigenvalue weighted by Crippen LogP contribution is 2.09. The number of rotatable bonds is 5. The van der Waals surface area contributed by atoms with Crippen LogP contribution in [0.25, 0.3) is 0 Å². The summed E-state index contributed by atoms with van der Waals surface area (Å²) in [6.45, 7) is 3.24. The number of carbonyl (C=O) groups is 3. The summed E-state index contributed by atoms with van der Waals surface area (Å²) in [5.74, 6) is -0.539. The molecule has 0 aliphatic rings. The van der Waals surface area contributed by atoms with E-state index in [2.05, 4.69) is 15.4 Å². The van der Waals surface area contributed by atoms with Gasteiger partial charge in [0.15, 0.2) is 5.78 Å². The average molecular weight is 264 g/mol. The summed E-state index contributed by atoms with van der Waals surface area (Å²) in [6.07, 6.45) is 0. The Morgan fingerprint density at radius 3 is 2.32 bits per heavy atom. The Kier molecular flexibility index (Phi) is 5.53. The molecular weight excluding hydrogens is 248 g/mol. The molecule has 6 heteroatoms. The topological polar surface area (TPSA) is 84.5 Å². The summed E-state index contributed by atoms with van der Waals surface area (Å²) in [4.78, 5) is 33.5. The van der Waals surface area contributed by atoms with Crippen molar-refractivity contribution in [2.45, 2.75) is 13.8 Å². The van der Waals surface area contributed by atoms with Crippen molar-refractivity contribution in [3.63, 3.8) is 0 Å². The van der Waals surface area contributed by atoms with Crippen LogP contribution >= 0.6 is 0 Å². The highest BCUT2D eigenvalue weighted by atomic mass is 16.5. The van der Waals surface area contributed by atoms with Gasteiger partial charge in [-0.05, 0) is 38.1 Å². The molecule has 6 nitrogen and oxygen atoms in total. The van der Waals surface area contributed by atoms with Crippen molar-refractivity contribution in [3.8, 4) is 0 Å². The summed E-state index contributed by atoms with van der Waals surface area (Å²) in [5, 5.41) is 4.90.